The largest absolute Gasteiger partial charge is 0.299 e. The van der Waals surface area contributed by atoms with Gasteiger partial charge in [0.1, 0.15) is 6.29 Å². The van der Waals surface area contributed by atoms with Crippen LogP contribution in [0, 0.1) is 13.8 Å². The van der Waals surface area contributed by atoms with Crippen LogP contribution in [0.3, 0.4) is 0 Å². The van der Waals surface area contributed by atoms with Crippen LogP contribution < -0.4 is 0 Å². The second kappa shape index (κ2) is 5.46. The number of carbonyl (C=O) groups excluding carboxylic acids is 1. The van der Waals surface area contributed by atoms with E-state index in [2.05, 4.69) is 38.1 Å². The summed E-state index contributed by atoms with van der Waals surface area (Å²) < 4.78 is 0. The lowest BCUT2D eigenvalue weighted by molar-refractivity contribution is -0.104. The highest BCUT2D eigenvalue weighted by Crippen LogP contribution is 2.23. The summed E-state index contributed by atoms with van der Waals surface area (Å²) >= 11 is 0. The fraction of sp³-hybridized carbons (Fsp3) is 0.118. The predicted octanol–water partition coefficient (Wildman–Crippen LogP) is 3.93. The highest BCUT2D eigenvalue weighted by molar-refractivity contribution is 5.89. The molecule has 1 heteroatoms. The van der Waals surface area contributed by atoms with Crippen LogP contribution in [0.5, 0.6) is 0 Å². The molecule has 0 bridgehead atoms. The van der Waals surface area contributed by atoms with Crippen LogP contribution in [-0.4, -0.2) is 6.29 Å². The first-order chi connectivity index (χ1) is 8.70. The summed E-state index contributed by atoms with van der Waals surface area (Å²) in [4.78, 5) is 10.8. The lowest BCUT2D eigenvalue weighted by Gasteiger charge is -2.08. The Morgan fingerprint density at radius 2 is 1.17 bits per heavy atom. The number of aldehydes is 1. The summed E-state index contributed by atoms with van der Waals surface area (Å²) in [5, 5.41) is 0. The summed E-state index contributed by atoms with van der Waals surface area (Å²) in [6.07, 6.45) is 2.46. The first kappa shape index (κ1) is 12.3. The number of hydrogen-bond acceptors (Lipinski definition) is 1. The van der Waals surface area contributed by atoms with E-state index in [1.54, 1.807) is 6.08 Å². The van der Waals surface area contributed by atoms with Crippen molar-refractivity contribution in [3.63, 3.8) is 0 Å². The van der Waals surface area contributed by atoms with Crippen molar-refractivity contribution in [2.75, 3.05) is 0 Å². The molecule has 90 valence electrons. The summed E-state index contributed by atoms with van der Waals surface area (Å²) in [6.45, 7) is 4.11. The average Bonchev–Trinajstić information content (AvgIpc) is 2.39. The van der Waals surface area contributed by atoms with E-state index in [-0.39, 0.29) is 0 Å². The third-order valence-corrected chi connectivity index (χ3v) is 2.96. The van der Waals surface area contributed by atoms with E-state index in [1.807, 2.05) is 24.3 Å². The van der Waals surface area contributed by atoms with E-state index in [0.717, 1.165) is 23.0 Å². The molecule has 0 spiro atoms. The number of allylic oxidation sites excluding steroid dienone is 1. The molecule has 2 aromatic rings. The molecule has 0 aliphatic rings. The van der Waals surface area contributed by atoms with Gasteiger partial charge < -0.3 is 0 Å². The molecule has 0 fully saturated rings. The number of hydrogen-bond donors (Lipinski definition) is 0. The zero-order chi connectivity index (χ0) is 13.0. The van der Waals surface area contributed by atoms with Gasteiger partial charge in [-0.05, 0) is 36.6 Å². The molecule has 0 atom stereocenters. The Kier molecular flexibility index (Phi) is 3.73. The van der Waals surface area contributed by atoms with Gasteiger partial charge in [0.05, 0.1) is 0 Å². The second-order valence-corrected chi connectivity index (χ2v) is 4.45. The topological polar surface area (TPSA) is 17.1 Å². The van der Waals surface area contributed by atoms with Gasteiger partial charge in [-0.2, -0.15) is 0 Å². The van der Waals surface area contributed by atoms with Gasteiger partial charge in [-0.1, -0.05) is 59.7 Å². The number of rotatable bonds is 3. The third kappa shape index (κ3) is 2.75. The molecule has 0 amide bonds. The van der Waals surface area contributed by atoms with Gasteiger partial charge in [-0.15, -0.1) is 0 Å². The molecular formula is C17H16O. The molecule has 1 nitrogen and oxygen atoms in total. The van der Waals surface area contributed by atoms with Crippen LogP contribution in [0.1, 0.15) is 22.3 Å². The molecule has 0 radical (unpaired) electrons. The van der Waals surface area contributed by atoms with E-state index in [0.29, 0.717) is 0 Å². The Labute approximate surface area is 108 Å². The smallest absolute Gasteiger partial charge is 0.143 e. The minimum absolute atomic E-state index is 0.842. The van der Waals surface area contributed by atoms with Gasteiger partial charge >= 0.3 is 0 Å². The minimum Gasteiger partial charge on any atom is -0.299 e. The van der Waals surface area contributed by atoms with Gasteiger partial charge in [-0.3, -0.25) is 4.79 Å². The van der Waals surface area contributed by atoms with E-state index in [1.165, 1.54) is 11.1 Å². The summed E-state index contributed by atoms with van der Waals surface area (Å²) in [5.41, 5.74) is 5.53. The Hall–Kier alpha value is -2.15. The number of carbonyl (C=O) groups is 1. The predicted molar refractivity (Wildman–Crippen MR) is 75.5 cm³/mol. The van der Waals surface area contributed by atoms with Crippen molar-refractivity contribution in [1.29, 1.82) is 0 Å². The summed E-state index contributed by atoms with van der Waals surface area (Å²) in [7, 11) is 0. The molecule has 0 N–H and O–H groups in total. The Balaban J connectivity index is 2.46. The molecule has 0 heterocycles. The standard InChI is InChI=1S/C17H16O/c1-13-3-7-15(8-4-13)17(11-12-18)16-9-5-14(2)6-10-16/h3-12H,1-2H3. The normalized spacial score (nSPS) is 9.89. The maximum Gasteiger partial charge on any atom is 0.143 e. The van der Waals surface area contributed by atoms with Gasteiger partial charge in [0.2, 0.25) is 0 Å². The first-order valence-electron chi connectivity index (χ1n) is 6.00. The second-order valence-electron chi connectivity index (χ2n) is 4.45. The molecule has 2 rings (SSSR count). The fourth-order valence-corrected chi connectivity index (χ4v) is 1.89. The molecule has 0 saturated heterocycles. The Morgan fingerprint density at radius 1 is 0.778 bits per heavy atom. The fourth-order valence-electron chi connectivity index (χ4n) is 1.89. The van der Waals surface area contributed by atoms with Gasteiger partial charge in [0, 0.05) is 0 Å². The molecule has 2 aromatic carbocycles. The van der Waals surface area contributed by atoms with E-state index in [4.69, 9.17) is 0 Å². The van der Waals surface area contributed by atoms with Crippen molar-refractivity contribution < 1.29 is 4.79 Å². The van der Waals surface area contributed by atoms with Gasteiger partial charge in [-0.25, -0.2) is 0 Å². The van der Waals surface area contributed by atoms with Crippen molar-refractivity contribution in [1.82, 2.24) is 0 Å². The van der Waals surface area contributed by atoms with Crippen molar-refractivity contribution in [2.24, 2.45) is 0 Å². The third-order valence-electron chi connectivity index (χ3n) is 2.96. The molecule has 0 aliphatic heterocycles. The van der Waals surface area contributed by atoms with Crippen LogP contribution in [0.2, 0.25) is 0 Å². The highest BCUT2D eigenvalue weighted by Gasteiger charge is 2.04. The van der Waals surface area contributed by atoms with Crippen molar-refractivity contribution in [3.8, 4) is 0 Å². The first-order valence-corrected chi connectivity index (χ1v) is 6.00. The summed E-state index contributed by atoms with van der Waals surface area (Å²) in [5.74, 6) is 0. The van der Waals surface area contributed by atoms with Crippen molar-refractivity contribution >= 4 is 11.9 Å². The van der Waals surface area contributed by atoms with E-state index >= 15 is 0 Å². The lowest BCUT2D eigenvalue weighted by atomic mass is 9.96. The van der Waals surface area contributed by atoms with E-state index in [9.17, 15) is 4.79 Å². The maximum absolute atomic E-state index is 10.8. The number of benzene rings is 2. The van der Waals surface area contributed by atoms with Crippen LogP contribution in [-0.2, 0) is 4.79 Å². The molecule has 18 heavy (non-hydrogen) atoms. The zero-order valence-corrected chi connectivity index (χ0v) is 10.7. The number of aryl methyl sites for hydroxylation is 2. The lowest BCUT2D eigenvalue weighted by Crippen LogP contribution is -1.89. The Morgan fingerprint density at radius 3 is 1.50 bits per heavy atom. The van der Waals surface area contributed by atoms with E-state index < -0.39 is 0 Å². The van der Waals surface area contributed by atoms with Crippen LogP contribution >= 0.6 is 0 Å². The average molecular weight is 236 g/mol. The van der Waals surface area contributed by atoms with Crippen LogP contribution in [0.25, 0.3) is 5.57 Å². The SMILES string of the molecule is Cc1ccc(C(=CC=O)c2ccc(C)cc2)cc1. The Bertz CT molecular complexity index is 512. The highest BCUT2D eigenvalue weighted by atomic mass is 16.1. The van der Waals surface area contributed by atoms with Gasteiger partial charge in [0.25, 0.3) is 0 Å². The zero-order valence-electron chi connectivity index (χ0n) is 10.7. The van der Waals surface area contributed by atoms with Crippen molar-refractivity contribution in [3.05, 3.63) is 76.9 Å². The molecular weight excluding hydrogens is 220 g/mol. The summed E-state index contributed by atoms with van der Waals surface area (Å²) in [6, 6.07) is 16.4. The maximum atomic E-state index is 10.8. The van der Waals surface area contributed by atoms with Crippen molar-refractivity contribution in [2.45, 2.75) is 13.8 Å². The molecule has 0 unspecified atom stereocenters. The quantitative estimate of drug-likeness (QED) is 0.583. The van der Waals surface area contributed by atoms with Crippen LogP contribution in [0.4, 0.5) is 0 Å². The van der Waals surface area contributed by atoms with Crippen LogP contribution in [0.15, 0.2) is 54.6 Å². The van der Waals surface area contributed by atoms with Gasteiger partial charge in [0.15, 0.2) is 0 Å². The molecule has 0 saturated carbocycles. The molecule has 0 aliphatic carbocycles. The monoisotopic (exact) mass is 236 g/mol. The minimum atomic E-state index is 0.842. The molecule has 0 aromatic heterocycles.